The maximum atomic E-state index is 13.0. The fourth-order valence-electron chi connectivity index (χ4n) is 3.29. The average molecular weight is 451 g/mol. The van der Waals surface area contributed by atoms with Gasteiger partial charge < -0.3 is 10.1 Å². The van der Waals surface area contributed by atoms with Crippen molar-refractivity contribution in [2.45, 2.75) is 27.7 Å². The minimum atomic E-state index is -0.390. The van der Waals surface area contributed by atoms with E-state index in [1.54, 1.807) is 6.92 Å². The monoisotopic (exact) mass is 450 g/mol. The van der Waals surface area contributed by atoms with Crippen molar-refractivity contribution in [2.24, 2.45) is 0 Å². The van der Waals surface area contributed by atoms with E-state index in [9.17, 15) is 9.59 Å². The Morgan fingerprint density at radius 3 is 2.52 bits per heavy atom. The number of esters is 1. The van der Waals surface area contributed by atoms with Gasteiger partial charge in [-0.3, -0.25) is 4.79 Å². The Hall–Kier alpha value is -3.03. The summed E-state index contributed by atoms with van der Waals surface area (Å²) in [6.45, 7) is 7.92. The van der Waals surface area contributed by atoms with E-state index < -0.39 is 0 Å². The Morgan fingerprint density at radius 1 is 1.03 bits per heavy atom. The van der Waals surface area contributed by atoms with Crippen LogP contribution in [0.4, 0.5) is 5.00 Å². The van der Waals surface area contributed by atoms with Gasteiger partial charge in [-0.05, 0) is 68.7 Å². The van der Waals surface area contributed by atoms with Crippen molar-refractivity contribution in [3.05, 3.63) is 69.6 Å². The molecule has 0 aliphatic rings. The van der Waals surface area contributed by atoms with Gasteiger partial charge >= 0.3 is 5.97 Å². The number of thiophene rings is 1. The molecule has 0 saturated heterocycles. The molecule has 0 bridgehead atoms. The van der Waals surface area contributed by atoms with Crippen molar-refractivity contribution < 1.29 is 14.3 Å². The highest BCUT2D eigenvalue weighted by atomic mass is 32.1. The van der Waals surface area contributed by atoms with Gasteiger partial charge in [0.2, 0.25) is 0 Å². The van der Waals surface area contributed by atoms with Gasteiger partial charge in [-0.15, -0.1) is 22.7 Å². The van der Waals surface area contributed by atoms with Crippen LogP contribution in [-0.2, 0) is 4.74 Å². The van der Waals surface area contributed by atoms with Gasteiger partial charge in [0, 0.05) is 11.1 Å². The summed E-state index contributed by atoms with van der Waals surface area (Å²) in [5.41, 5.74) is 5.17. The van der Waals surface area contributed by atoms with Crippen molar-refractivity contribution in [3.63, 3.8) is 0 Å². The van der Waals surface area contributed by atoms with E-state index in [-0.39, 0.29) is 18.5 Å². The number of amides is 1. The largest absolute Gasteiger partial charge is 0.462 e. The zero-order valence-corrected chi connectivity index (χ0v) is 19.4. The third kappa shape index (κ3) is 4.11. The number of carbonyl (C=O) groups excluding carboxylic acids is 2. The van der Waals surface area contributed by atoms with Crippen molar-refractivity contribution in [1.82, 2.24) is 4.98 Å². The molecule has 2 heterocycles. The fraction of sp³-hybridized carbons (Fsp3) is 0.208. The summed E-state index contributed by atoms with van der Waals surface area (Å²) in [5, 5.41) is 4.38. The van der Waals surface area contributed by atoms with E-state index in [4.69, 9.17) is 9.72 Å². The normalized spacial score (nSPS) is 11.0. The molecule has 0 saturated carbocycles. The predicted molar refractivity (Wildman–Crippen MR) is 127 cm³/mol. The average Bonchev–Trinajstić information content (AvgIpc) is 3.30. The molecule has 4 aromatic rings. The lowest BCUT2D eigenvalue weighted by Crippen LogP contribution is -2.12. The summed E-state index contributed by atoms with van der Waals surface area (Å²) in [4.78, 5) is 30.8. The van der Waals surface area contributed by atoms with Crippen LogP contribution in [0.2, 0.25) is 0 Å². The predicted octanol–water partition coefficient (Wildman–Crippen LogP) is 6.38. The highest BCUT2D eigenvalue weighted by molar-refractivity contribution is 7.23. The molecule has 0 aliphatic carbocycles. The molecule has 0 atom stereocenters. The third-order valence-corrected chi connectivity index (χ3v) is 7.35. The molecule has 0 unspecified atom stereocenters. The maximum Gasteiger partial charge on any atom is 0.348 e. The molecule has 0 fully saturated rings. The number of rotatable bonds is 5. The standard InChI is InChI=1S/C24H22N2O3S2/c1-5-29-24(28)20-15(4)19(22-25-17-8-6-7-9-18(17)30-22)23(31-20)26-21(27)16-11-10-13(2)14(3)12-16/h6-12H,5H2,1-4H3,(H,26,27). The Balaban J connectivity index is 1.79. The third-order valence-electron chi connectivity index (χ3n) is 5.11. The molecule has 0 radical (unpaired) electrons. The van der Waals surface area contributed by atoms with Crippen LogP contribution in [0.3, 0.4) is 0 Å². The molecule has 7 heteroatoms. The smallest absolute Gasteiger partial charge is 0.348 e. The highest BCUT2D eigenvalue weighted by Crippen LogP contribution is 2.43. The molecular formula is C24H22N2O3S2. The number of fused-ring (bicyclic) bond motifs is 1. The summed E-state index contributed by atoms with van der Waals surface area (Å²) < 4.78 is 6.28. The van der Waals surface area contributed by atoms with Crippen LogP contribution < -0.4 is 5.32 Å². The van der Waals surface area contributed by atoms with Crippen molar-refractivity contribution in [3.8, 4) is 10.6 Å². The number of benzene rings is 2. The highest BCUT2D eigenvalue weighted by Gasteiger charge is 2.25. The van der Waals surface area contributed by atoms with Crippen LogP contribution >= 0.6 is 22.7 Å². The van der Waals surface area contributed by atoms with Gasteiger partial charge in [0.05, 0.1) is 16.8 Å². The van der Waals surface area contributed by atoms with Crippen LogP contribution in [0.25, 0.3) is 20.8 Å². The first kappa shape index (κ1) is 21.2. The second-order valence-corrected chi connectivity index (χ2v) is 9.27. The van der Waals surface area contributed by atoms with Gasteiger partial charge in [0.25, 0.3) is 5.91 Å². The lowest BCUT2D eigenvalue weighted by molar-refractivity contribution is 0.0531. The molecule has 2 aromatic carbocycles. The van der Waals surface area contributed by atoms with Crippen LogP contribution in [0.15, 0.2) is 42.5 Å². The first-order valence-electron chi connectivity index (χ1n) is 9.94. The van der Waals surface area contributed by atoms with Gasteiger partial charge in [-0.2, -0.15) is 0 Å². The lowest BCUT2D eigenvalue weighted by atomic mass is 10.1. The molecule has 4 rings (SSSR count). The summed E-state index contributed by atoms with van der Waals surface area (Å²) in [5.74, 6) is -0.610. The van der Waals surface area contributed by atoms with Gasteiger partial charge in [0.15, 0.2) is 0 Å². The summed E-state index contributed by atoms with van der Waals surface area (Å²) in [7, 11) is 0. The van der Waals surface area contributed by atoms with E-state index >= 15 is 0 Å². The summed E-state index contributed by atoms with van der Waals surface area (Å²) >= 11 is 2.77. The Kier molecular flexibility index (Phi) is 5.89. The molecule has 31 heavy (non-hydrogen) atoms. The number of hydrogen-bond acceptors (Lipinski definition) is 6. The molecule has 0 spiro atoms. The number of nitrogens with zero attached hydrogens (tertiary/aromatic N) is 1. The van der Waals surface area contributed by atoms with Crippen LogP contribution in [0, 0.1) is 20.8 Å². The van der Waals surface area contributed by atoms with Gasteiger partial charge in [-0.25, -0.2) is 9.78 Å². The first-order chi connectivity index (χ1) is 14.9. The lowest BCUT2D eigenvalue weighted by Gasteiger charge is -2.07. The number of ether oxygens (including phenoxy) is 1. The number of aromatic nitrogens is 1. The molecular weight excluding hydrogens is 428 g/mol. The molecule has 1 N–H and O–H groups in total. The Morgan fingerprint density at radius 2 is 1.81 bits per heavy atom. The van der Waals surface area contributed by atoms with Crippen molar-refractivity contribution in [2.75, 3.05) is 11.9 Å². The number of carbonyl (C=O) groups is 2. The molecule has 1 amide bonds. The fourth-order valence-corrected chi connectivity index (χ4v) is 5.52. The van der Waals surface area contributed by atoms with Gasteiger partial charge in [0.1, 0.15) is 14.9 Å². The SMILES string of the molecule is CCOC(=O)c1sc(NC(=O)c2ccc(C)c(C)c2)c(-c2nc3ccccc3s2)c1C. The van der Waals surface area contributed by atoms with Crippen LogP contribution in [0.1, 0.15) is 43.6 Å². The summed E-state index contributed by atoms with van der Waals surface area (Å²) in [6.07, 6.45) is 0. The van der Waals surface area contributed by atoms with E-state index in [1.165, 1.54) is 22.7 Å². The number of aryl methyl sites for hydroxylation is 2. The van der Waals surface area contributed by atoms with Crippen molar-refractivity contribution in [1.29, 1.82) is 0 Å². The second-order valence-electron chi connectivity index (χ2n) is 7.22. The Labute approximate surface area is 188 Å². The molecule has 2 aromatic heterocycles. The number of nitrogens with one attached hydrogen (secondary N) is 1. The van der Waals surface area contributed by atoms with Crippen LogP contribution in [0.5, 0.6) is 0 Å². The molecule has 0 aliphatic heterocycles. The number of para-hydroxylation sites is 1. The second kappa shape index (κ2) is 8.61. The number of thiazole rings is 1. The molecule has 5 nitrogen and oxygen atoms in total. The maximum absolute atomic E-state index is 13.0. The number of anilines is 1. The van der Waals surface area contributed by atoms with E-state index in [0.717, 1.165) is 37.5 Å². The zero-order valence-electron chi connectivity index (χ0n) is 17.7. The van der Waals surface area contributed by atoms with E-state index in [2.05, 4.69) is 5.32 Å². The molecule has 158 valence electrons. The van der Waals surface area contributed by atoms with Crippen LogP contribution in [-0.4, -0.2) is 23.5 Å². The minimum Gasteiger partial charge on any atom is -0.462 e. The Bertz CT molecular complexity index is 1270. The van der Waals surface area contributed by atoms with Gasteiger partial charge in [-0.1, -0.05) is 18.2 Å². The van der Waals surface area contributed by atoms with E-state index in [1.807, 2.05) is 63.2 Å². The number of hydrogen-bond donors (Lipinski definition) is 1. The van der Waals surface area contributed by atoms with Crippen molar-refractivity contribution >= 4 is 49.8 Å². The topological polar surface area (TPSA) is 68.3 Å². The minimum absolute atomic E-state index is 0.220. The van der Waals surface area contributed by atoms with E-state index in [0.29, 0.717) is 15.4 Å². The quantitative estimate of drug-likeness (QED) is 0.358. The first-order valence-corrected chi connectivity index (χ1v) is 11.6. The zero-order chi connectivity index (χ0) is 22.1. The summed E-state index contributed by atoms with van der Waals surface area (Å²) in [6, 6.07) is 13.5.